The number of phenols is 1. The van der Waals surface area contributed by atoms with Gasteiger partial charge in [-0.2, -0.15) is 0 Å². The molecule has 3 N–H and O–H groups in total. The third-order valence-corrected chi connectivity index (χ3v) is 3.73. The first-order valence-corrected chi connectivity index (χ1v) is 5.68. The van der Waals surface area contributed by atoms with E-state index >= 15 is 0 Å². The number of hydrogen-bond acceptors (Lipinski definition) is 4. The van der Waals surface area contributed by atoms with E-state index in [1.54, 1.807) is 41.3 Å². The highest BCUT2D eigenvalue weighted by molar-refractivity contribution is 7.99. The Morgan fingerprint density at radius 2 is 2.13 bits per heavy atom. The topological polar surface area (TPSA) is 77.0 Å². The fourth-order valence-electron chi connectivity index (χ4n) is 1.55. The smallest absolute Gasteiger partial charge is 0.159 e. The van der Waals surface area contributed by atoms with E-state index in [0.29, 0.717) is 5.75 Å². The molecule has 4 nitrogen and oxygen atoms in total. The fourth-order valence-corrected chi connectivity index (χ4v) is 2.86. The number of aliphatic carboxylic acids is 1. The summed E-state index contributed by atoms with van der Waals surface area (Å²) in [6.07, 6.45) is 0. The van der Waals surface area contributed by atoms with Crippen LogP contribution >= 0.6 is 11.8 Å². The molecule has 1 heterocycles. The minimum atomic E-state index is -1.01. The molecule has 0 unspecified atom stereocenters. The van der Waals surface area contributed by atoms with E-state index in [4.69, 9.17) is 5.11 Å². The van der Waals surface area contributed by atoms with E-state index in [1.807, 2.05) is 0 Å². The Labute approximate surface area is 91.3 Å². The van der Waals surface area contributed by atoms with Gasteiger partial charge >= 0.3 is 0 Å². The average molecular weight is 225 g/mol. The molecule has 5 heteroatoms. The lowest BCUT2D eigenvalue weighted by atomic mass is 10.2. The summed E-state index contributed by atoms with van der Waals surface area (Å²) >= 11 is 1.58. The number of benzene rings is 1. The van der Waals surface area contributed by atoms with E-state index in [1.165, 1.54) is 0 Å². The molecule has 15 heavy (non-hydrogen) atoms. The number of rotatable bonds is 2. The number of phenolic OH excluding ortho intramolecular Hbond substituents is 1. The molecule has 2 atom stereocenters. The van der Waals surface area contributed by atoms with Crippen LogP contribution in [0.15, 0.2) is 24.3 Å². The highest BCUT2D eigenvalue weighted by Gasteiger charge is 2.30. The molecule has 1 aliphatic rings. The Balaban J connectivity index is 2.07. The molecule has 1 fully saturated rings. The number of carboxylic acid groups (broad SMARTS) is 1. The van der Waals surface area contributed by atoms with Crippen molar-refractivity contribution in [3.63, 3.8) is 0 Å². The summed E-state index contributed by atoms with van der Waals surface area (Å²) in [5.41, 5.74) is 1.02. The first-order chi connectivity index (χ1) is 7.16. The van der Waals surface area contributed by atoms with Crippen LogP contribution in [0.3, 0.4) is 0 Å². The number of nitrogens with two attached hydrogens (primary N) is 1. The molecular weight excluding hydrogens is 214 g/mol. The molecule has 1 aliphatic heterocycles. The molecule has 1 aromatic rings. The Kier molecular flexibility index (Phi) is 2.83. The minimum absolute atomic E-state index is 0.0912. The molecule has 80 valence electrons. The van der Waals surface area contributed by atoms with Gasteiger partial charge in [0.2, 0.25) is 0 Å². The van der Waals surface area contributed by atoms with E-state index in [2.05, 4.69) is 0 Å². The lowest BCUT2D eigenvalue weighted by Crippen LogP contribution is -2.90. The third-order valence-electron chi connectivity index (χ3n) is 2.39. The number of quaternary nitrogens is 1. The fraction of sp³-hybridized carbons (Fsp3) is 0.300. The van der Waals surface area contributed by atoms with Gasteiger partial charge in [0.25, 0.3) is 0 Å². The lowest BCUT2D eigenvalue weighted by molar-refractivity contribution is -0.690. The summed E-state index contributed by atoms with van der Waals surface area (Å²) < 4.78 is 0. The van der Waals surface area contributed by atoms with E-state index in [-0.39, 0.29) is 11.1 Å². The van der Waals surface area contributed by atoms with Crippen molar-refractivity contribution in [3.05, 3.63) is 29.8 Å². The number of carbonyl (C=O) groups is 1. The van der Waals surface area contributed by atoms with E-state index in [9.17, 15) is 9.90 Å². The van der Waals surface area contributed by atoms with Gasteiger partial charge in [-0.05, 0) is 24.3 Å². The summed E-state index contributed by atoms with van der Waals surface area (Å²) in [6, 6.07) is 6.36. The first-order valence-electron chi connectivity index (χ1n) is 4.63. The van der Waals surface area contributed by atoms with Crippen LogP contribution in [-0.2, 0) is 4.79 Å². The predicted molar refractivity (Wildman–Crippen MR) is 54.0 cm³/mol. The van der Waals surface area contributed by atoms with Crippen molar-refractivity contribution in [1.82, 2.24) is 0 Å². The maximum absolute atomic E-state index is 10.6. The monoisotopic (exact) mass is 225 g/mol. The summed E-state index contributed by atoms with van der Waals surface area (Å²) in [6.45, 7) is 0. The Morgan fingerprint density at radius 3 is 2.67 bits per heavy atom. The first kappa shape index (κ1) is 10.3. The molecule has 1 aromatic carbocycles. The van der Waals surface area contributed by atoms with Gasteiger partial charge in [-0.25, -0.2) is 0 Å². The number of thioether (sulfide) groups is 1. The van der Waals surface area contributed by atoms with Crippen molar-refractivity contribution < 1.29 is 20.3 Å². The number of carbonyl (C=O) groups excluding carboxylic acids is 1. The second-order valence-electron chi connectivity index (χ2n) is 3.46. The Bertz CT molecular complexity index is 365. The second-order valence-corrected chi connectivity index (χ2v) is 4.64. The van der Waals surface area contributed by atoms with Crippen LogP contribution in [0.5, 0.6) is 5.75 Å². The van der Waals surface area contributed by atoms with Gasteiger partial charge in [0.15, 0.2) is 5.37 Å². The van der Waals surface area contributed by atoms with Gasteiger partial charge in [-0.1, -0.05) is 11.8 Å². The van der Waals surface area contributed by atoms with Crippen molar-refractivity contribution in [3.8, 4) is 5.75 Å². The van der Waals surface area contributed by atoms with Gasteiger partial charge in [-0.3, -0.25) is 0 Å². The molecule has 0 radical (unpaired) electrons. The molecule has 0 spiro atoms. The molecule has 2 rings (SSSR count). The average Bonchev–Trinajstić information content (AvgIpc) is 2.68. The van der Waals surface area contributed by atoms with Crippen molar-refractivity contribution in [1.29, 1.82) is 0 Å². The van der Waals surface area contributed by atoms with Gasteiger partial charge in [0.05, 0.1) is 5.75 Å². The maximum Gasteiger partial charge on any atom is 0.159 e. The molecule has 0 aliphatic carbocycles. The van der Waals surface area contributed by atoms with Crippen molar-refractivity contribution in [2.75, 3.05) is 5.75 Å². The van der Waals surface area contributed by atoms with Crippen molar-refractivity contribution >= 4 is 17.7 Å². The molecule has 0 amide bonds. The summed E-state index contributed by atoms with van der Waals surface area (Å²) in [5, 5.41) is 21.6. The maximum atomic E-state index is 10.6. The molecule has 0 saturated carbocycles. The summed E-state index contributed by atoms with van der Waals surface area (Å²) in [7, 11) is 0. The number of hydrogen-bond donors (Lipinski definition) is 2. The zero-order valence-corrected chi connectivity index (χ0v) is 8.74. The van der Waals surface area contributed by atoms with Gasteiger partial charge in [-0.15, -0.1) is 0 Å². The molecule has 1 saturated heterocycles. The van der Waals surface area contributed by atoms with Crippen molar-refractivity contribution in [2.24, 2.45) is 0 Å². The van der Waals surface area contributed by atoms with Gasteiger partial charge in [0.1, 0.15) is 17.8 Å². The summed E-state index contributed by atoms with van der Waals surface area (Å²) in [5.74, 6) is -0.226. The third kappa shape index (κ3) is 2.24. The van der Waals surface area contributed by atoms with Crippen LogP contribution in [0.1, 0.15) is 10.9 Å². The van der Waals surface area contributed by atoms with Gasteiger partial charge < -0.3 is 20.3 Å². The van der Waals surface area contributed by atoms with E-state index in [0.717, 1.165) is 5.56 Å². The van der Waals surface area contributed by atoms with Crippen LogP contribution in [0.2, 0.25) is 0 Å². The van der Waals surface area contributed by atoms with Gasteiger partial charge in [0, 0.05) is 5.56 Å². The molecule has 0 bridgehead atoms. The van der Waals surface area contributed by atoms with Crippen LogP contribution in [0.4, 0.5) is 0 Å². The van der Waals surface area contributed by atoms with Crippen LogP contribution < -0.4 is 10.4 Å². The normalized spacial score (nSPS) is 25.3. The Hall–Kier alpha value is -1.20. The highest BCUT2D eigenvalue weighted by Crippen LogP contribution is 2.27. The van der Waals surface area contributed by atoms with Crippen molar-refractivity contribution in [2.45, 2.75) is 11.4 Å². The lowest BCUT2D eigenvalue weighted by Gasteiger charge is -2.10. The highest BCUT2D eigenvalue weighted by atomic mass is 32.2. The standard InChI is InChI=1S/C10H11NO3S/c12-7-3-1-6(2-4-7)9-11-8(5-15-9)10(13)14/h1-4,8-9,11-12H,5H2,(H,13,14)/t8-,9-/m1/s1. The quantitative estimate of drug-likeness (QED) is 0.664. The van der Waals surface area contributed by atoms with Crippen LogP contribution in [0, 0.1) is 0 Å². The Morgan fingerprint density at radius 1 is 1.47 bits per heavy atom. The number of aromatic hydroxyl groups is 1. The summed E-state index contributed by atoms with van der Waals surface area (Å²) in [4.78, 5) is 10.6. The second kappa shape index (κ2) is 4.12. The van der Waals surface area contributed by atoms with Crippen LogP contribution in [0.25, 0.3) is 0 Å². The largest absolute Gasteiger partial charge is 0.544 e. The zero-order valence-electron chi connectivity index (χ0n) is 7.92. The van der Waals surface area contributed by atoms with Crippen LogP contribution in [-0.4, -0.2) is 22.9 Å². The minimum Gasteiger partial charge on any atom is -0.544 e. The zero-order chi connectivity index (χ0) is 10.8. The van der Waals surface area contributed by atoms with E-state index < -0.39 is 12.0 Å². The molecular formula is C10H11NO3S. The SMILES string of the molecule is O=C([O-])[C@H]1CS[C@H](c2ccc(O)cc2)[NH2+]1. The predicted octanol–water partition coefficient (Wildman–Crippen LogP) is -1.18. The number of carboxylic acids is 1. The molecule has 0 aromatic heterocycles.